The topological polar surface area (TPSA) is 24.9 Å². The third-order valence-corrected chi connectivity index (χ3v) is 5.70. The van der Waals surface area contributed by atoms with Crippen molar-refractivity contribution in [1.29, 1.82) is 0 Å². The van der Waals surface area contributed by atoms with Crippen molar-refractivity contribution in [1.82, 2.24) is 10.3 Å². The molecule has 0 spiro atoms. The fourth-order valence-corrected chi connectivity index (χ4v) is 4.99. The monoisotopic (exact) mass is 266 g/mol. The summed E-state index contributed by atoms with van der Waals surface area (Å²) in [5, 5.41) is 4.91. The summed E-state index contributed by atoms with van der Waals surface area (Å²) in [6.07, 6.45) is 3.50. The summed E-state index contributed by atoms with van der Waals surface area (Å²) in [6.45, 7) is 11.5. The van der Waals surface area contributed by atoms with Crippen LogP contribution in [-0.2, 0) is 12.0 Å². The van der Waals surface area contributed by atoms with Gasteiger partial charge in [-0.05, 0) is 44.6 Å². The zero-order valence-electron chi connectivity index (χ0n) is 12.6. The van der Waals surface area contributed by atoms with E-state index in [-0.39, 0.29) is 5.54 Å². The van der Waals surface area contributed by atoms with Crippen molar-refractivity contribution in [2.75, 3.05) is 7.05 Å². The highest BCUT2D eigenvalue weighted by atomic mass is 32.1. The van der Waals surface area contributed by atoms with Gasteiger partial charge in [0.2, 0.25) is 0 Å². The maximum atomic E-state index is 4.93. The van der Waals surface area contributed by atoms with Gasteiger partial charge in [0.25, 0.3) is 0 Å². The standard InChI is InChI=1S/C15H26N2S/c1-7-12-11(3)18-13(17-12)15(16-6)9-14(4,5)8-10(15)2/h10,16H,7-9H2,1-6H3. The van der Waals surface area contributed by atoms with Gasteiger partial charge in [-0.25, -0.2) is 4.98 Å². The number of rotatable bonds is 3. The number of hydrogen-bond acceptors (Lipinski definition) is 3. The summed E-state index contributed by atoms with van der Waals surface area (Å²) in [4.78, 5) is 6.31. The van der Waals surface area contributed by atoms with E-state index in [1.165, 1.54) is 28.4 Å². The minimum Gasteiger partial charge on any atom is -0.308 e. The van der Waals surface area contributed by atoms with E-state index in [1.54, 1.807) is 0 Å². The Kier molecular flexibility index (Phi) is 3.58. The highest BCUT2D eigenvalue weighted by Gasteiger charge is 2.50. The predicted molar refractivity (Wildman–Crippen MR) is 79.1 cm³/mol. The molecule has 2 unspecified atom stereocenters. The zero-order chi connectivity index (χ0) is 13.6. The average Bonchev–Trinajstić information content (AvgIpc) is 2.77. The molecule has 1 N–H and O–H groups in total. The third-order valence-electron chi connectivity index (χ3n) is 4.51. The van der Waals surface area contributed by atoms with Crippen LogP contribution in [-0.4, -0.2) is 12.0 Å². The first kappa shape index (κ1) is 14.0. The SMILES string of the molecule is CCc1nc(C2(NC)CC(C)(C)CC2C)sc1C. The minimum absolute atomic E-state index is 0.0896. The molecule has 18 heavy (non-hydrogen) atoms. The van der Waals surface area contributed by atoms with Gasteiger partial charge in [-0.3, -0.25) is 0 Å². The van der Waals surface area contributed by atoms with Gasteiger partial charge in [0.1, 0.15) is 5.01 Å². The Morgan fingerprint density at radius 1 is 1.44 bits per heavy atom. The molecule has 1 aliphatic carbocycles. The van der Waals surface area contributed by atoms with Crippen LogP contribution in [0.25, 0.3) is 0 Å². The van der Waals surface area contributed by atoms with E-state index >= 15 is 0 Å². The molecule has 0 bridgehead atoms. The summed E-state index contributed by atoms with van der Waals surface area (Å²) in [6, 6.07) is 0. The smallest absolute Gasteiger partial charge is 0.114 e. The molecule has 3 heteroatoms. The Bertz CT molecular complexity index is 436. The summed E-state index contributed by atoms with van der Waals surface area (Å²) >= 11 is 1.89. The van der Waals surface area contributed by atoms with E-state index in [0.717, 1.165) is 6.42 Å². The van der Waals surface area contributed by atoms with Crippen molar-refractivity contribution < 1.29 is 0 Å². The van der Waals surface area contributed by atoms with Crippen molar-refractivity contribution in [2.24, 2.45) is 11.3 Å². The van der Waals surface area contributed by atoms with Crippen LogP contribution in [0.4, 0.5) is 0 Å². The molecule has 0 amide bonds. The Balaban J connectivity index is 2.44. The van der Waals surface area contributed by atoms with Crippen LogP contribution in [0.5, 0.6) is 0 Å². The molecule has 102 valence electrons. The number of aromatic nitrogens is 1. The Morgan fingerprint density at radius 2 is 2.11 bits per heavy atom. The summed E-state index contributed by atoms with van der Waals surface area (Å²) in [5.41, 5.74) is 1.78. The van der Waals surface area contributed by atoms with Crippen LogP contribution in [0.2, 0.25) is 0 Å². The van der Waals surface area contributed by atoms with Gasteiger partial charge in [-0.2, -0.15) is 0 Å². The first-order chi connectivity index (χ1) is 8.34. The molecule has 1 aliphatic rings. The van der Waals surface area contributed by atoms with Crippen LogP contribution in [0, 0.1) is 18.3 Å². The van der Waals surface area contributed by atoms with Gasteiger partial charge >= 0.3 is 0 Å². The fraction of sp³-hybridized carbons (Fsp3) is 0.800. The molecular weight excluding hydrogens is 240 g/mol. The molecule has 2 rings (SSSR count). The molecule has 0 aromatic carbocycles. The molecule has 1 aromatic heterocycles. The van der Waals surface area contributed by atoms with Gasteiger partial charge < -0.3 is 5.32 Å². The molecule has 0 radical (unpaired) electrons. The number of thiazole rings is 1. The quantitative estimate of drug-likeness (QED) is 0.898. The normalized spacial score (nSPS) is 30.9. The number of hydrogen-bond donors (Lipinski definition) is 1. The molecule has 2 atom stereocenters. The molecule has 0 aliphatic heterocycles. The first-order valence-corrected chi connectivity index (χ1v) is 7.82. The van der Waals surface area contributed by atoms with E-state index in [9.17, 15) is 0 Å². The lowest BCUT2D eigenvalue weighted by molar-refractivity contribution is 0.270. The van der Waals surface area contributed by atoms with Gasteiger partial charge in [-0.15, -0.1) is 11.3 Å². The Morgan fingerprint density at radius 3 is 2.50 bits per heavy atom. The third kappa shape index (κ3) is 2.12. The summed E-state index contributed by atoms with van der Waals surface area (Å²) in [7, 11) is 2.10. The van der Waals surface area contributed by atoms with Crippen molar-refractivity contribution in [2.45, 2.75) is 59.4 Å². The molecular formula is C15H26N2S. The van der Waals surface area contributed by atoms with Crippen LogP contribution in [0.15, 0.2) is 0 Å². The second-order valence-electron chi connectivity index (χ2n) is 6.54. The van der Waals surface area contributed by atoms with Gasteiger partial charge in [0.05, 0.1) is 11.2 Å². The van der Waals surface area contributed by atoms with Crippen molar-refractivity contribution in [3.63, 3.8) is 0 Å². The van der Waals surface area contributed by atoms with Gasteiger partial charge in [0, 0.05) is 4.88 Å². The lowest BCUT2D eigenvalue weighted by Gasteiger charge is -2.32. The van der Waals surface area contributed by atoms with E-state index in [0.29, 0.717) is 11.3 Å². The summed E-state index contributed by atoms with van der Waals surface area (Å²) < 4.78 is 0. The second-order valence-corrected chi connectivity index (χ2v) is 7.75. The van der Waals surface area contributed by atoms with Crippen LogP contribution in [0.3, 0.4) is 0 Å². The van der Waals surface area contributed by atoms with Crippen molar-refractivity contribution >= 4 is 11.3 Å². The molecule has 0 saturated heterocycles. The minimum atomic E-state index is 0.0896. The molecule has 2 nitrogen and oxygen atoms in total. The van der Waals surface area contributed by atoms with E-state index in [2.05, 4.69) is 47.0 Å². The Labute approximate surface area is 115 Å². The Hall–Kier alpha value is -0.410. The van der Waals surface area contributed by atoms with E-state index < -0.39 is 0 Å². The lowest BCUT2D eigenvalue weighted by Crippen LogP contribution is -2.42. The second kappa shape index (κ2) is 4.61. The summed E-state index contributed by atoms with van der Waals surface area (Å²) in [5.74, 6) is 0.646. The molecule has 1 fully saturated rings. The highest BCUT2D eigenvalue weighted by molar-refractivity contribution is 7.11. The maximum absolute atomic E-state index is 4.93. The van der Waals surface area contributed by atoms with Crippen LogP contribution >= 0.6 is 11.3 Å². The number of nitrogens with one attached hydrogen (secondary N) is 1. The average molecular weight is 266 g/mol. The van der Waals surface area contributed by atoms with Crippen LogP contribution in [0.1, 0.15) is 56.1 Å². The van der Waals surface area contributed by atoms with Gasteiger partial charge in [-0.1, -0.05) is 27.7 Å². The first-order valence-electron chi connectivity index (χ1n) is 7.00. The number of aryl methyl sites for hydroxylation is 2. The zero-order valence-corrected chi connectivity index (χ0v) is 13.4. The maximum Gasteiger partial charge on any atom is 0.114 e. The fourth-order valence-electron chi connectivity index (χ4n) is 3.68. The largest absolute Gasteiger partial charge is 0.308 e. The predicted octanol–water partition coefficient (Wildman–Crippen LogP) is 3.88. The van der Waals surface area contributed by atoms with Gasteiger partial charge in [0.15, 0.2) is 0 Å². The molecule has 1 saturated carbocycles. The number of nitrogens with zero attached hydrogens (tertiary/aromatic N) is 1. The lowest BCUT2D eigenvalue weighted by atomic mass is 9.87. The van der Waals surface area contributed by atoms with Crippen molar-refractivity contribution in [3.8, 4) is 0 Å². The molecule has 1 aromatic rings. The van der Waals surface area contributed by atoms with Crippen LogP contribution < -0.4 is 5.32 Å². The van der Waals surface area contributed by atoms with E-state index in [4.69, 9.17) is 4.98 Å². The van der Waals surface area contributed by atoms with E-state index in [1.807, 2.05) is 11.3 Å². The molecule has 1 heterocycles. The highest BCUT2D eigenvalue weighted by Crippen LogP contribution is 2.53. The van der Waals surface area contributed by atoms with Crippen molar-refractivity contribution in [3.05, 3.63) is 15.6 Å².